The standard InChI is InChI=1S/C25H30Cl2N8O2/c1-34(14-4-12(5-14)2-3-20-32-17-7-15(26)16(27)8-18(17)33-20)9-13-6-19(23(37)22(13)36)35-11-31-21-24(28)29-10-30-25(21)35/h7-8,10-14,19,22-23,36-37H,2-6,9H2,1H3,(H,32,33)(H2,28,29,30)/t12-,13-,14+,19-,22-,23+/m1/s1. The summed E-state index contributed by atoms with van der Waals surface area (Å²) in [5.41, 5.74) is 8.75. The van der Waals surface area contributed by atoms with Crippen LogP contribution in [0.1, 0.15) is 37.5 Å². The van der Waals surface area contributed by atoms with Crippen molar-refractivity contribution in [2.45, 2.75) is 56.4 Å². The van der Waals surface area contributed by atoms with Crippen LogP contribution >= 0.6 is 23.2 Å². The highest BCUT2D eigenvalue weighted by Gasteiger charge is 2.44. The highest BCUT2D eigenvalue weighted by molar-refractivity contribution is 6.42. The molecule has 4 aromatic rings. The van der Waals surface area contributed by atoms with Gasteiger partial charge in [-0.1, -0.05) is 23.2 Å². The summed E-state index contributed by atoms with van der Waals surface area (Å²) < 4.78 is 1.82. The van der Waals surface area contributed by atoms with Crippen LogP contribution in [0.4, 0.5) is 5.82 Å². The zero-order valence-corrected chi connectivity index (χ0v) is 21.9. The summed E-state index contributed by atoms with van der Waals surface area (Å²) in [4.78, 5) is 22.9. The number of nitrogens with zero attached hydrogens (tertiary/aromatic N) is 6. The van der Waals surface area contributed by atoms with Gasteiger partial charge in [0.15, 0.2) is 11.5 Å². The lowest BCUT2D eigenvalue weighted by molar-refractivity contribution is -0.00662. The maximum atomic E-state index is 10.8. The van der Waals surface area contributed by atoms with Crippen molar-refractivity contribution in [2.75, 3.05) is 19.3 Å². The zero-order chi connectivity index (χ0) is 25.8. The van der Waals surface area contributed by atoms with Crippen molar-refractivity contribution in [3.05, 3.63) is 40.7 Å². The van der Waals surface area contributed by atoms with E-state index in [1.54, 1.807) is 12.4 Å². The van der Waals surface area contributed by atoms with Crippen LogP contribution in [0.2, 0.25) is 10.0 Å². The van der Waals surface area contributed by atoms with E-state index in [9.17, 15) is 10.2 Å². The van der Waals surface area contributed by atoms with Crippen LogP contribution in [0.3, 0.4) is 0 Å². The number of imidazole rings is 2. The van der Waals surface area contributed by atoms with Gasteiger partial charge in [0.1, 0.15) is 23.8 Å². The van der Waals surface area contributed by atoms with Gasteiger partial charge >= 0.3 is 0 Å². The molecule has 2 aliphatic rings. The number of aryl methyl sites for hydroxylation is 1. The quantitative estimate of drug-likeness (QED) is 0.277. The van der Waals surface area contributed by atoms with Gasteiger partial charge in [0.2, 0.25) is 0 Å². The van der Waals surface area contributed by atoms with Gasteiger partial charge in [0, 0.05) is 24.9 Å². The molecule has 2 saturated carbocycles. The maximum Gasteiger partial charge on any atom is 0.165 e. The molecule has 0 radical (unpaired) electrons. The highest BCUT2D eigenvalue weighted by Crippen LogP contribution is 2.40. The molecule has 3 aromatic heterocycles. The third kappa shape index (κ3) is 4.55. The smallest absolute Gasteiger partial charge is 0.165 e. The Morgan fingerprint density at radius 1 is 1.11 bits per heavy atom. The molecule has 0 aliphatic heterocycles. The Kier molecular flexibility index (Phi) is 6.48. The number of hydrogen-bond acceptors (Lipinski definition) is 8. The molecule has 4 atom stereocenters. The monoisotopic (exact) mass is 544 g/mol. The van der Waals surface area contributed by atoms with Gasteiger partial charge in [-0.15, -0.1) is 0 Å². The Balaban J connectivity index is 1.02. The Labute approximate surface area is 223 Å². The van der Waals surface area contributed by atoms with E-state index in [1.807, 2.05) is 10.6 Å². The number of benzene rings is 1. The van der Waals surface area contributed by atoms with Gasteiger partial charge < -0.3 is 30.4 Å². The fraction of sp³-hybridized carbons (Fsp3) is 0.520. The molecule has 10 nitrogen and oxygen atoms in total. The first-order valence-electron chi connectivity index (χ1n) is 12.6. The third-order valence-corrected chi connectivity index (χ3v) is 8.96. The molecular weight excluding hydrogens is 515 g/mol. The second kappa shape index (κ2) is 9.67. The highest BCUT2D eigenvalue weighted by atomic mass is 35.5. The fourth-order valence-corrected chi connectivity index (χ4v) is 6.32. The number of aliphatic hydroxyl groups is 2. The van der Waals surface area contributed by atoms with Crippen LogP contribution in [-0.4, -0.2) is 76.4 Å². The van der Waals surface area contributed by atoms with E-state index in [0.717, 1.165) is 49.1 Å². The van der Waals surface area contributed by atoms with Gasteiger partial charge in [0.05, 0.1) is 39.6 Å². The molecule has 196 valence electrons. The second-order valence-corrected chi connectivity index (χ2v) is 11.4. The summed E-state index contributed by atoms with van der Waals surface area (Å²) in [5.74, 6) is 1.86. The number of nitrogens with one attached hydrogen (secondary N) is 1. The summed E-state index contributed by atoms with van der Waals surface area (Å²) in [6.45, 7) is 0.723. The van der Waals surface area contributed by atoms with Crippen molar-refractivity contribution in [1.82, 2.24) is 34.4 Å². The Hall–Kier alpha value is -2.50. The van der Waals surface area contributed by atoms with Crippen molar-refractivity contribution < 1.29 is 10.2 Å². The normalized spacial score (nSPS) is 27.9. The molecule has 12 heteroatoms. The summed E-state index contributed by atoms with van der Waals surface area (Å²) in [7, 11) is 2.11. The van der Waals surface area contributed by atoms with Crippen LogP contribution in [0, 0.1) is 11.8 Å². The van der Waals surface area contributed by atoms with Gasteiger partial charge in [-0.3, -0.25) is 0 Å². The topological polar surface area (TPSA) is 142 Å². The minimum absolute atomic E-state index is 0.0464. The molecule has 3 heterocycles. The minimum atomic E-state index is -0.894. The number of nitrogens with two attached hydrogens (primary N) is 1. The first-order chi connectivity index (χ1) is 17.8. The summed E-state index contributed by atoms with van der Waals surface area (Å²) >= 11 is 12.2. The molecule has 0 bridgehead atoms. The van der Waals surface area contributed by atoms with Crippen molar-refractivity contribution in [3.8, 4) is 0 Å². The second-order valence-electron chi connectivity index (χ2n) is 10.6. The number of H-pyrrole nitrogens is 1. The minimum Gasteiger partial charge on any atom is -0.390 e. The van der Waals surface area contributed by atoms with E-state index < -0.39 is 12.2 Å². The Morgan fingerprint density at radius 2 is 1.89 bits per heavy atom. The average molecular weight is 545 g/mol. The summed E-state index contributed by atoms with van der Waals surface area (Å²) in [6, 6.07) is 3.78. The zero-order valence-electron chi connectivity index (χ0n) is 20.4. The van der Waals surface area contributed by atoms with E-state index >= 15 is 0 Å². The lowest BCUT2D eigenvalue weighted by Gasteiger charge is -2.42. The lowest BCUT2D eigenvalue weighted by atomic mass is 9.76. The number of hydrogen-bond donors (Lipinski definition) is 4. The fourth-order valence-electron chi connectivity index (χ4n) is 6.00. The number of anilines is 1. The van der Waals surface area contributed by atoms with Crippen molar-refractivity contribution >= 4 is 51.2 Å². The number of nitrogen functional groups attached to an aromatic ring is 1. The molecule has 0 saturated heterocycles. The predicted molar refractivity (Wildman–Crippen MR) is 142 cm³/mol. The number of rotatable bonds is 7. The summed E-state index contributed by atoms with van der Waals surface area (Å²) in [6.07, 6.45) is 6.14. The lowest BCUT2D eigenvalue weighted by Crippen LogP contribution is -2.46. The molecule has 2 aliphatic carbocycles. The molecule has 5 N–H and O–H groups in total. The van der Waals surface area contributed by atoms with Crippen molar-refractivity contribution in [3.63, 3.8) is 0 Å². The molecule has 0 spiro atoms. The van der Waals surface area contributed by atoms with Crippen LogP contribution in [0.25, 0.3) is 22.2 Å². The number of fused-ring (bicyclic) bond motifs is 2. The van der Waals surface area contributed by atoms with Crippen LogP contribution < -0.4 is 5.73 Å². The predicted octanol–water partition coefficient (Wildman–Crippen LogP) is 3.22. The number of aromatic amines is 1. The molecule has 0 unspecified atom stereocenters. The Bertz CT molecular complexity index is 1400. The number of aliphatic hydroxyl groups excluding tert-OH is 2. The molecular formula is C25H30Cl2N8O2. The largest absolute Gasteiger partial charge is 0.390 e. The summed E-state index contributed by atoms with van der Waals surface area (Å²) in [5, 5.41) is 22.7. The van der Waals surface area contributed by atoms with Gasteiger partial charge in [-0.05, 0) is 50.8 Å². The Morgan fingerprint density at radius 3 is 2.70 bits per heavy atom. The van der Waals surface area contributed by atoms with E-state index in [0.29, 0.717) is 45.4 Å². The molecule has 6 rings (SSSR count). The van der Waals surface area contributed by atoms with Gasteiger partial charge in [-0.2, -0.15) is 0 Å². The van der Waals surface area contributed by atoms with Gasteiger partial charge in [0.25, 0.3) is 0 Å². The molecule has 1 aromatic carbocycles. The number of aromatic nitrogens is 6. The van der Waals surface area contributed by atoms with E-state index in [-0.39, 0.29) is 12.0 Å². The SMILES string of the molecule is CN(C[C@H]1C[C@@H](n2cnc3c(N)ncnc32)[C@H](O)[C@@H]1O)[C@H]1C[C@@H](CCc2nc3cc(Cl)c(Cl)cc3[nH]2)C1. The third-order valence-electron chi connectivity index (χ3n) is 8.23. The average Bonchev–Trinajstić information content (AvgIpc) is 3.51. The first-order valence-corrected chi connectivity index (χ1v) is 13.4. The first kappa shape index (κ1) is 24.8. The van der Waals surface area contributed by atoms with Crippen LogP contribution in [0.15, 0.2) is 24.8 Å². The van der Waals surface area contributed by atoms with Crippen LogP contribution in [-0.2, 0) is 6.42 Å². The molecule has 0 amide bonds. The van der Waals surface area contributed by atoms with Crippen LogP contribution in [0.5, 0.6) is 0 Å². The molecule has 37 heavy (non-hydrogen) atoms. The number of halogens is 2. The van der Waals surface area contributed by atoms with Crippen molar-refractivity contribution in [2.24, 2.45) is 11.8 Å². The van der Waals surface area contributed by atoms with Gasteiger partial charge in [-0.25, -0.2) is 19.9 Å². The molecule has 2 fully saturated rings. The van der Waals surface area contributed by atoms with Crippen molar-refractivity contribution in [1.29, 1.82) is 0 Å². The van der Waals surface area contributed by atoms with E-state index in [1.165, 1.54) is 6.33 Å². The van der Waals surface area contributed by atoms with E-state index in [2.05, 4.69) is 36.9 Å². The van der Waals surface area contributed by atoms with E-state index in [4.69, 9.17) is 28.9 Å². The maximum absolute atomic E-state index is 10.8.